The van der Waals surface area contributed by atoms with Crippen molar-refractivity contribution < 1.29 is 24.5 Å². The molecule has 3 N–H and O–H groups in total. The SMILES string of the molecule is O=C(O)Cc1cccc(OC2CNC(C(=O)O)C2)c1. The van der Waals surface area contributed by atoms with Crippen molar-refractivity contribution in [3.63, 3.8) is 0 Å². The Labute approximate surface area is 110 Å². The molecule has 1 aliphatic heterocycles. The minimum atomic E-state index is -0.898. The van der Waals surface area contributed by atoms with Crippen LogP contribution in [-0.4, -0.2) is 40.8 Å². The predicted molar refractivity (Wildman–Crippen MR) is 66.2 cm³/mol. The summed E-state index contributed by atoms with van der Waals surface area (Å²) < 4.78 is 5.66. The summed E-state index contributed by atoms with van der Waals surface area (Å²) in [4.78, 5) is 21.4. The van der Waals surface area contributed by atoms with Crippen molar-refractivity contribution in [2.24, 2.45) is 0 Å². The van der Waals surface area contributed by atoms with Crippen molar-refractivity contribution in [2.75, 3.05) is 6.54 Å². The van der Waals surface area contributed by atoms with Crippen LogP contribution in [0.4, 0.5) is 0 Å². The lowest BCUT2D eigenvalue weighted by Gasteiger charge is -2.13. The first-order valence-electron chi connectivity index (χ1n) is 5.98. The van der Waals surface area contributed by atoms with Gasteiger partial charge in [-0.2, -0.15) is 0 Å². The highest BCUT2D eigenvalue weighted by molar-refractivity contribution is 5.74. The fraction of sp³-hybridized carbons (Fsp3) is 0.385. The van der Waals surface area contributed by atoms with Gasteiger partial charge in [-0.25, -0.2) is 0 Å². The molecule has 0 radical (unpaired) electrons. The van der Waals surface area contributed by atoms with Gasteiger partial charge in [0.25, 0.3) is 0 Å². The molecule has 2 unspecified atom stereocenters. The van der Waals surface area contributed by atoms with Crippen LogP contribution in [0.3, 0.4) is 0 Å². The molecule has 1 heterocycles. The molecule has 1 aliphatic rings. The molecule has 0 aromatic heterocycles. The van der Waals surface area contributed by atoms with Crippen molar-refractivity contribution in [1.82, 2.24) is 5.32 Å². The number of carboxylic acids is 2. The van der Waals surface area contributed by atoms with Gasteiger partial charge in [0.05, 0.1) is 6.42 Å². The molecular weight excluding hydrogens is 250 g/mol. The van der Waals surface area contributed by atoms with Crippen molar-refractivity contribution in [2.45, 2.75) is 25.0 Å². The van der Waals surface area contributed by atoms with E-state index in [1.54, 1.807) is 24.3 Å². The van der Waals surface area contributed by atoms with Crippen molar-refractivity contribution >= 4 is 11.9 Å². The van der Waals surface area contributed by atoms with Gasteiger partial charge >= 0.3 is 11.9 Å². The Morgan fingerprint density at radius 3 is 2.79 bits per heavy atom. The van der Waals surface area contributed by atoms with Crippen LogP contribution in [0.25, 0.3) is 0 Å². The van der Waals surface area contributed by atoms with E-state index in [2.05, 4.69) is 5.32 Å². The summed E-state index contributed by atoms with van der Waals surface area (Å²) in [7, 11) is 0. The van der Waals surface area contributed by atoms with Crippen LogP contribution in [0, 0.1) is 0 Å². The molecule has 0 amide bonds. The Kier molecular flexibility index (Phi) is 4.01. The number of rotatable bonds is 5. The fourth-order valence-electron chi connectivity index (χ4n) is 2.08. The lowest BCUT2D eigenvalue weighted by Crippen LogP contribution is -2.30. The number of ether oxygens (including phenoxy) is 1. The van der Waals surface area contributed by atoms with E-state index < -0.39 is 18.0 Å². The van der Waals surface area contributed by atoms with Crippen LogP contribution in [0.5, 0.6) is 5.75 Å². The molecule has 2 rings (SSSR count). The molecule has 6 heteroatoms. The van der Waals surface area contributed by atoms with Crippen LogP contribution in [-0.2, 0) is 16.0 Å². The number of hydrogen-bond acceptors (Lipinski definition) is 4. The molecule has 0 spiro atoms. The highest BCUT2D eigenvalue weighted by Crippen LogP contribution is 2.19. The molecule has 2 atom stereocenters. The van der Waals surface area contributed by atoms with Crippen molar-refractivity contribution in [1.29, 1.82) is 0 Å². The number of nitrogens with one attached hydrogen (secondary N) is 1. The van der Waals surface area contributed by atoms with Gasteiger partial charge in [0.1, 0.15) is 17.9 Å². The van der Waals surface area contributed by atoms with Crippen LogP contribution < -0.4 is 10.1 Å². The van der Waals surface area contributed by atoms with Gasteiger partial charge < -0.3 is 20.3 Å². The maximum atomic E-state index is 10.8. The number of carbonyl (C=O) groups is 2. The van der Waals surface area contributed by atoms with E-state index in [0.29, 0.717) is 24.3 Å². The van der Waals surface area contributed by atoms with E-state index in [9.17, 15) is 9.59 Å². The van der Waals surface area contributed by atoms with Gasteiger partial charge in [0, 0.05) is 13.0 Å². The summed E-state index contributed by atoms with van der Waals surface area (Å²) in [6.07, 6.45) is 0.136. The first kappa shape index (κ1) is 13.4. The topological polar surface area (TPSA) is 95.9 Å². The Bertz CT molecular complexity index is 488. The predicted octanol–water partition coefficient (Wildman–Crippen LogP) is 0.508. The molecule has 102 valence electrons. The second kappa shape index (κ2) is 5.71. The van der Waals surface area contributed by atoms with Gasteiger partial charge in [-0.3, -0.25) is 9.59 Å². The quantitative estimate of drug-likeness (QED) is 0.717. The van der Waals surface area contributed by atoms with Crippen molar-refractivity contribution in [3.05, 3.63) is 29.8 Å². The summed E-state index contributed by atoms with van der Waals surface area (Å²) in [5.74, 6) is -1.21. The molecule has 19 heavy (non-hydrogen) atoms. The molecular formula is C13H15NO5. The summed E-state index contributed by atoms with van der Waals surface area (Å²) in [5, 5.41) is 20.4. The van der Waals surface area contributed by atoms with E-state index in [0.717, 1.165) is 0 Å². The molecule has 1 saturated heterocycles. The Hall–Kier alpha value is -2.08. The second-order valence-electron chi connectivity index (χ2n) is 4.49. The summed E-state index contributed by atoms with van der Waals surface area (Å²) >= 11 is 0. The molecule has 0 saturated carbocycles. The highest BCUT2D eigenvalue weighted by Gasteiger charge is 2.30. The molecule has 0 bridgehead atoms. The van der Waals surface area contributed by atoms with Crippen LogP contribution >= 0.6 is 0 Å². The summed E-state index contributed by atoms with van der Waals surface area (Å²) in [5.41, 5.74) is 0.658. The lowest BCUT2D eigenvalue weighted by molar-refractivity contribution is -0.139. The van der Waals surface area contributed by atoms with Gasteiger partial charge in [-0.1, -0.05) is 12.1 Å². The standard InChI is InChI=1S/C13H15NO5/c15-12(16)5-8-2-1-3-9(4-8)19-10-6-11(13(17)18)14-7-10/h1-4,10-11,14H,5-7H2,(H,15,16)(H,17,18). The third-order valence-corrected chi connectivity index (χ3v) is 2.95. The average molecular weight is 265 g/mol. The molecule has 1 aromatic carbocycles. The Balaban J connectivity index is 1.96. The zero-order valence-electron chi connectivity index (χ0n) is 10.2. The number of aliphatic carboxylic acids is 2. The monoisotopic (exact) mass is 265 g/mol. The average Bonchev–Trinajstić information content (AvgIpc) is 2.77. The van der Waals surface area contributed by atoms with E-state index >= 15 is 0 Å². The first-order valence-corrected chi connectivity index (χ1v) is 5.98. The highest BCUT2D eigenvalue weighted by atomic mass is 16.5. The molecule has 0 aliphatic carbocycles. The van der Waals surface area contributed by atoms with Gasteiger partial charge in [0.15, 0.2) is 0 Å². The zero-order valence-corrected chi connectivity index (χ0v) is 10.2. The minimum absolute atomic E-state index is 0.0577. The van der Waals surface area contributed by atoms with Crippen LogP contribution in [0.15, 0.2) is 24.3 Å². The first-order chi connectivity index (χ1) is 9.04. The lowest BCUT2D eigenvalue weighted by atomic mass is 10.1. The zero-order chi connectivity index (χ0) is 13.8. The van der Waals surface area contributed by atoms with Crippen LogP contribution in [0.1, 0.15) is 12.0 Å². The fourth-order valence-corrected chi connectivity index (χ4v) is 2.08. The van der Waals surface area contributed by atoms with E-state index in [-0.39, 0.29) is 12.5 Å². The second-order valence-corrected chi connectivity index (χ2v) is 4.49. The van der Waals surface area contributed by atoms with Gasteiger partial charge in [-0.05, 0) is 17.7 Å². The summed E-state index contributed by atoms with van der Waals surface area (Å²) in [6.45, 7) is 0.472. The summed E-state index contributed by atoms with van der Waals surface area (Å²) in [6, 6.07) is 6.27. The third-order valence-electron chi connectivity index (χ3n) is 2.95. The third kappa shape index (κ3) is 3.69. The smallest absolute Gasteiger partial charge is 0.320 e. The number of carboxylic acid groups (broad SMARTS) is 2. The van der Waals surface area contributed by atoms with Gasteiger partial charge in [0.2, 0.25) is 0 Å². The van der Waals surface area contributed by atoms with Gasteiger partial charge in [-0.15, -0.1) is 0 Å². The van der Waals surface area contributed by atoms with E-state index in [1.807, 2.05) is 0 Å². The van der Waals surface area contributed by atoms with Crippen LogP contribution in [0.2, 0.25) is 0 Å². The Morgan fingerprint density at radius 2 is 2.16 bits per heavy atom. The van der Waals surface area contributed by atoms with E-state index in [4.69, 9.17) is 14.9 Å². The number of benzene rings is 1. The Morgan fingerprint density at radius 1 is 1.37 bits per heavy atom. The van der Waals surface area contributed by atoms with Crippen molar-refractivity contribution in [3.8, 4) is 5.75 Å². The largest absolute Gasteiger partial charge is 0.489 e. The number of hydrogen-bond donors (Lipinski definition) is 3. The molecule has 1 aromatic rings. The molecule has 1 fully saturated rings. The van der Waals surface area contributed by atoms with E-state index in [1.165, 1.54) is 0 Å². The molecule has 6 nitrogen and oxygen atoms in total. The maximum absolute atomic E-state index is 10.8. The minimum Gasteiger partial charge on any atom is -0.489 e. The normalized spacial score (nSPS) is 22.1. The maximum Gasteiger partial charge on any atom is 0.320 e.